The molecule has 1 atom stereocenters. The average Bonchev–Trinajstić information content (AvgIpc) is 2.38. The smallest absolute Gasteiger partial charge is 0.344 e. The highest BCUT2D eigenvalue weighted by Crippen LogP contribution is 2.40. The first-order valence-corrected chi connectivity index (χ1v) is 6.79. The lowest BCUT2D eigenvalue weighted by Crippen LogP contribution is -2.27. The zero-order chi connectivity index (χ0) is 15.5. The van der Waals surface area contributed by atoms with Gasteiger partial charge < -0.3 is 9.84 Å². The van der Waals surface area contributed by atoms with E-state index in [4.69, 9.17) is 9.84 Å². The molecule has 0 bridgehead atoms. The predicted octanol–water partition coefficient (Wildman–Crippen LogP) is 4.33. The number of aliphatic carboxylic acids is 1. The topological polar surface area (TPSA) is 46.5 Å². The third kappa shape index (κ3) is 3.65. The first kappa shape index (κ1) is 16.8. The van der Waals surface area contributed by atoms with Gasteiger partial charge in [0.05, 0.1) is 10.0 Å². The molecular weight excluding hydrogens is 341 g/mol. The Kier molecular flexibility index (Phi) is 5.44. The van der Waals surface area contributed by atoms with Gasteiger partial charge in [-0.1, -0.05) is 13.8 Å². The molecule has 3 nitrogen and oxygen atoms in total. The Hall–Kier alpha value is -1.24. The zero-order valence-electron chi connectivity index (χ0n) is 10.9. The minimum Gasteiger partial charge on any atom is -0.479 e. The zero-order valence-corrected chi connectivity index (χ0v) is 12.5. The molecule has 1 aromatic rings. The van der Waals surface area contributed by atoms with Gasteiger partial charge in [-0.2, -0.15) is 0 Å². The molecule has 0 aromatic heterocycles. The quantitative estimate of drug-likeness (QED) is 0.826. The number of alkyl halides is 2. The van der Waals surface area contributed by atoms with Crippen molar-refractivity contribution < 1.29 is 27.8 Å². The molecule has 0 saturated carbocycles. The number of carboxylic acids is 1. The molecule has 1 unspecified atom stereocenters. The number of benzene rings is 1. The fourth-order valence-electron chi connectivity index (χ4n) is 1.56. The molecule has 0 amide bonds. The highest BCUT2D eigenvalue weighted by molar-refractivity contribution is 9.10. The first-order valence-electron chi connectivity index (χ1n) is 5.99. The summed E-state index contributed by atoms with van der Waals surface area (Å²) in [5.74, 6) is -5.77. The molecule has 1 aromatic carbocycles. The summed E-state index contributed by atoms with van der Waals surface area (Å²) in [6, 6.07) is 1.69. The molecule has 0 aliphatic carbocycles. The molecule has 0 aliphatic rings. The summed E-state index contributed by atoms with van der Waals surface area (Å²) < 4.78 is 46.1. The van der Waals surface area contributed by atoms with Gasteiger partial charge in [0.2, 0.25) is 0 Å². The number of ether oxygens (including phenoxy) is 1. The Morgan fingerprint density at radius 1 is 1.45 bits per heavy atom. The SMILES string of the molecule is CCC(Oc1cc(F)c(Br)cc1C(F)(F)CC)C(=O)O. The number of carboxylic acid groups (broad SMARTS) is 1. The Labute approximate surface area is 122 Å². The van der Waals surface area contributed by atoms with Crippen LogP contribution in [0.5, 0.6) is 5.75 Å². The molecule has 0 heterocycles. The van der Waals surface area contributed by atoms with Crippen molar-refractivity contribution in [2.45, 2.75) is 38.7 Å². The highest BCUT2D eigenvalue weighted by Gasteiger charge is 2.34. The lowest BCUT2D eigenvalue weighted by molar-refractivity contribution is -0.145. The maximum Gasteiger partial charge on any atom is 0.344 e. The fraction of sp³-hybridized carbons (Fsp3) is 0.462. The molecule has 112 valence electrons. The van der Waals surface area contributed by atoms with E-state index in [2.05, 4.69) is 15.9 Å². The van der Waals surface area contributed by atoms with Crippen molar-refractivity contribution in [2.75, 3.05) is 0 Å². The van der Waals surface area contributed by atoms with Crippen LogP contribution in [0, 0.1) is 5.82 Å². The normalized spacial score (nSPS) is 13.1. The van der Waals surface area contributed by atoms with Crippen LogP contribution in [-0.2, 0) is 10.7 Å². The number of hydrogen-bond acceptors (Lipinski definition) is 2. The number of rotatable bonds is 6. The average molecular weight is 355 g/mol. The van der Waals surface area contributed by atoms with E-state index in [1.54, 1.807) is 0 Å². The molecule has 0 radical (unpaired) electrons. The van der Waals surface area contributed by atoms with Crippen molar-refractivity contribution in [1.29, 1.82) is 0 Å². The standard InChI is InChI=1S/C13H14BrF3O3/c1-3-10(12(18)19)20-11-6-9(15)8(14)5-7(11)13(16,17)4-2/h5-6,10H,3-4H2,1-2H3,(H,18,19). The second-order valence-electron chi connectivity index (χ2n) is 4.17. The van der Waals surface area contributed by atoms with Crippen molar-refractivity contribution in [3.05, 3.63) is 28.0 Å². The molecule has 1 rings (SSSR count). The molecule has 20 heavy (non-hydrogen) atoms. The van der Waals surface area contributed by atoms with Crippen LogP contribution in [0.4, 0.5) is 13.2 Å². The van der Waals surface area contributed by atoms with E-state index in [-0.39, 0.29) is 10.9 Å². The van der Waals surface area contributed by atoms with E-state index in [1.165, 1.54) is 13.8 Å². The summed E-state index contributed by atoms with van der Waals surface area (Å²) in [6.45, 7) is 2.81. The van der Waals surface area contributed by atoms with Crippen LogP contribution in [0.2, 0.25) is 0 Å². The molecule has 0 spiro atoms. The summed E-state index contributed by atoms with van der Waals surface area (Å²) in [6.07, 6.45) is -1.74. The number of hydrogen-bond donors (Lipinski definition) is 1. The van der Waals surface area contributed by atoms with Gasteiger partial charge in [0.25, 0.3) is 5.92 Å². The second-order valence-corrected chi connectivity index (χ2v) is 5.03. The maximum atomic E-state index is 13.8. The van der Waals surface area contributed by atoms with Crippen molar-refractivity contribution in [2.24, 2.45) is 0 Å². The van der Waals surface area contributed by atoms with Crippen molar-refractivity contribution in [3.63, 3.8) is 0 Å². The largest absolute Gasteiger partial charge is 0.479 e. The third-order valence-corrected chi connectivity index (χ3v) is 3.38. The van der Waals surface area contributed by atoms with Gasteiger partial charge in [-0.05, 0) is 28.4 Å². The van der Waals surface area contributed by atoms with Gasteiger partial charge in [-0.25, -0.2) is 18.0 Å². The minimum atomic E-state index is -3.23. The third-order valence-electron chi connectivity index (χ3n) is 2.78. The summed E-state index contributed by atoms with van der Waals surface area (Å²) in [5, 5.41) is 8.89. The van der Waals surface area contributed by atoms with E-state index in [0.29, 0.717) is 0 Å². The van der Waals surface area contributed by atoms with E-state index in [0.717, 1.165) is 12.1 Å². The van der Waals surface area contributed by atoms with Crippen LogP contribution in [0.15, 0.2) is 16.6 Å². The monoisotopic (exact) mass is 354 g/mol. The predicted molar refractivity (Wildman–Crippen MR) is 70.6 cm³/mol. The van der Waals surface area contributed by atoms with Gasteiger partial charge in [-0.3, -0.25) is 0 Å². The van der Waals surface area contributed by atoms with Gasteiger partial charge in [0, 0.05) is 12.5 Å². The molecular formula is C13H14BrF3O3. The van der Waals surface area contributed by atoms with E-state index in [9.17, 15) is 18.0 Å². The molecule has 0 fully saturated rings. The van der Waals surface area contributed by atoms with Crippen molar-refractivity contribution in [3.8, 4) is 5.75 Å². The van der Waals surface area contributed by atoms with Gasteiger partial charge in [0.1, 0.15) is 11.6 Å². The van der Waals surface area contributed by atoms with E-state index in [1.807, 2.05) is 0 Å². The van der Waals surface area contributed by atoms with E-state index < -0.39 is 41.5 Å². The second kappa shape index (κ2) is 6.47. The fourth-order valence-corrected chi connectivity index (χ4v) is 1.91. The van der Waals surface area contributed by atoms with Gasteiger partial charge >= 0.3 is 5.97 Å². The van der Waals surface area contributed by atoms with Crippen LogP contribution in [0.1, 0.15) is 32.3 Å². The molecule has 0 saturated heterocycles. The molecule has 0 aliphatic heterocycles. The first-order chi connectivity index (χ1) is 9.22. The Morgan fingerprint density at radius 2 is 2.05 bits per heavy atom. The summed E-state index contributed by atoms with van der Waals surface area (Å²) in [7, 11) is 0. The summed E-state index contributed by atoms with van der Waals surface area (Å²) in [5.41, 5.74) is -0.534. The summed E-state index contributed by atoms with van der Waals surface area (Å²) >= 11 is 2.83. The number of halogens is 4. The molecule has 1 N–H and O–H groups in total. The Bertz CT molecular complexity index is 506. The lowest BCUT2D eigenvalue weighted by atomic mass is 10.0. The number of carbonyl (C=O) groups is 1. The van der Waals surface area contributed by atoms with Crippen molar-refractivity contribution >= 4 is 21.9 Å². The Balaban J connectivity index is 3.30. The highest BCUT2D eigenvalue weighted by atomic mass is 79.9. The summed E-state index contributed by atoms with van der Waals surface area (Å²) in [4.78, 5) is 10.9. The van der Waals surface area contributed by atoms with Crippen LogP contribution < -0.4 is 4.74 Å². The van der Waals surface area contributed by atoms with Crippen LogP contribution in [0.25, 0.3) is 0 Å². The molecule has 7 heteroatoms. The minimum absolute atomic E-state index is 0.0736. The van der Waals surface area contributed by atoms with Gasteiger partial charge in [-0.15, -0.1) is 0 Å². The lowest BCUT2D eigenvalue weighted by Gasteiger charge is -2.21. The van der Waals surface area contributed by atoms with Crippen molar-refractivity contribution in [1.82, 2.24) is 0 Å². The van der Waals surface area contributed by atoms with Crippen LogP contribution >= 0.6 is 15.9 Å². The van der Waals surface area contributed by atoms with Crippen LogP contribution in [-0.4, -0.2) is 17.2 Å². The Morgan fingerprint density at radius 3 is 2.50 bits per heavy atom. The maximum absolute atomic E-state index is 13.8. The van der Waals surface area contributed by atoms with Crippen LogP contribution in [0.3, 0.4) is 0 Å². The van der Waals surface area contributed by atoms with E-state index >= 15 is 0 Å². The van der Waals surface area contributed by atoms with Gasteiger partial charge in [0.15, 0.2) is 6.10 Å².